The number of nitrogens with one attached hydrogen (secondary N) is 1. The van der Waals surface area contributed by atoms with Crippen molar-refractivity contribution in [1.29, 1.82) is 5.26 Å². The van der Waals surface area contributed by atoms with Crippen molar-refractivity contribution in [1.82, 2.24) is 9.38 Å². The second-order valence-electron chi connectivity index (χ2n) is 5.00. The van der Waals surface area contributed by atoms with Gasteiger partial charge in [0, 0.05) is 12.4 Å². The van der Waals surface area contributed by atoms with Crippen LogP contribution in [0.15, 0.2) is 48.3 Å². The molecule has 3 rings (SSSR count). The number of hydrogen-bond donors (Lipinski definition) is 1. The molecule has 0 atom stereocenters. The highest BCUT2D eigenvalue weighted by Gasteiger charge is 2.14. The number of nitriles is 1. The molecule has 0 aliphatic heterocycles. The molecule has 0 unspecified atom stereocenters. The van der Waals surface area contributed by atoms with Gasteiger partial charge in [-0.25, -0.2) is 4.98 Å². The highest BCUT2D eigenvalue weighted by molar-refractivity contribution is 6.40. The second-order valence-corrected chi connectivity index (χ2v) is 6.25. The molecule has 0 fully saturated rings. The Bertz CT molecular complexity index is 1030. The molecule has 0 saturated carbocycles. The van der Waals surface area contributed by atoms with Crippen molar-refractivity contribution in [3.63, 3.8) is 0 Å². The van der Waals surface area contributed by atoms with Crippen molar-refractivity contribution in [2.45, 2.75) is 0 Å². The number of fused-ring (bicyclic) bond motifs is 1. The average Bonchev–Trinajstić information content (AvgIpc) is 2.97. The third-order valence-corrected chi connectivity index (χ3v) is 4.15. The molecule has 5 nitrogen and oxygen atoms in total. The van der Waals surface area contributed by atoms with Crippen LogP contribution in [0.4, 0.5) is 5.69 Å². The first kappa shape index (κ1) is 17.3. The summed E-state index contributed by atoms with van der Waals surface area (Å²) in [4.78, 5) is 16.7. The van der Waals surface area contributed by atoms with E-state index in [1.165, 1.54) is 6.08 Å². The fourth-order valence-electron chi connectivity index (χ4n) is 2.15. The Morgan fingerprint density at radius 2 is 1.88 bits per heavy atom. The minimum absolute atomic E-state index is 0.134. The number of amides is 1. The van der Waals surface area contributed by atoms with E-state index in [4.69, 9.17) is 34.8 Å². The van der Waals surface area contributed by atoms with E-state index in [9.17, 15) is 10.1 Å². The SMILES string of the molecule is N#C/C(=C\c1cn2cc(Cl)ccc2n1)C(=O)Nc1c(Cl)cccc1Cl. The van der Waals surface area contributed by atoms with E-state index in [1.807, 2.05) is 6.07 Å². The molecular formula is C17H9Cl3N4O. The number of carbonyl (C=O) groups is 1. The maximum Gasteiger partial charge on any atom is 0.266 e. The van der Waals surface area contributed by atoms with Crippen molar-refractivity contribution in [3.8, 4) is 6.07 Å². The zero-order valence-electron chi connectivity index (χ0n) is 12.5. The molecule has 1 aromatic carbocycles. The number of carbonyl (C=O) groups excluding carboxylic acids is 1. The van der Waals surface area contributed by atoms with Crippen LogP contribution in [0.1, 0.15) is 5.69 Å². The predicted octanol–water partition coefficient (Wildman–Crippen LogP) is 4.84. The fourth-order valence-corrected chi connectivity index (χ4v) is 2.81. The van der Waals surface area contributed by atoms with Crippen LogP contribution in [-0.2, 0) is 4.79 Å². The maximum absolute atomic E-state index is 12.3. The fraction of sp³-hybridized carbons (Fsp3) is 0. The largest absolute Gasteiger partial charge is 0.319 e. The molecule has 124 valence electrons. The maximum atomic E-state index is 12.3. The number of nitrogens with zero attached hydrogens (tertiary/aromatic N) is 3. The smallest absolute Gasteiger partial charge is 0.266 e. The molecule has 8 heteroatoms. The van der Waals surface area contributed by atoms with Gasteiger partial charge in [0.05, 0.1) is 26.4 Å². The molecule has 0 aliphatic carbocycles. The van der Waals surface area contributed by atoms with E-state index in [2.05, 4.69) is 10.3 Å². The normalized spacial score (nSPS) is 11.4. The zero-order chi connectivity index (χ0) is 18.0. The molecule has 3 aromatic rings. The van der Waals surface area contributed by atoms with Gasteiger partial charge in [0.2, 0.25) is 0 Å². The van der Waals surface area contributed by atoms with Crippen molar-refractivity contribution in [2.75, 3.05) is 5.32 Å². The van der Waals surface area contributed by atoms with Gasteiger partial charge in [0.15, 0.2) is 0 Å². The van der Waals surface area contributed by atoms with Gasteiger partial charge in [-0.3, -0.25) is 4.79 Å². The molecule has 1 N–H and O–H groups in total. The molecule has 2 heterocycles. The highest BCUT2D eigenvalue weighted by atomic mass is 35.5. The lowest BCUT2D eigenvalue weighted by atomic mass is 10.2. The van der Waals surface area contributed by atoms with Gasteiger partial charge in [0.1, 0.15) is 17.3 Å². The summed E-state index contributed by atoms with van der Waals surface area (Å²) >= 11 is 18.0. The van der Waals surface area contributed by atoms with Crippen LogP contribution in [-0.4, -0.2) is 15.3 Å². The standard InChI is InChI=1S/C17H9Cl3N4O/c18-11-4-5-15-22-12(9-24(15)8-11)6-10(7-21)17(25)23-16-13(19)2-1-3-14(16)20/h1-6,8-9H,(H,23,25)/b10-6+. The first-order valence-electron chi connectivity index (χ1n) is 6.99. The summed E-state index contributed by atoms with van der Waals surface area (Å²) in [6.07, 6.45) is 4.71. The van der Waals surface area contributed by atoms with E-state index in [-0.39, 0.29) is 21.3 Å². The summed E-state index contributed by atoms with van der Waals surface area (Å²) in [5.74, 6) is -0.632. The summed E-state index contributed by atoms with van der Waals surface area (Å²) in [6, 6.07) is 10.1. The summed E-state index contributed by atoms with van der Waals surface area (Å²) in [5.41, 5.74) is 1.20. The van der Waals surface area contributed by atoms with Gasteiger partial charge in [-0.15, -0.1) is 0 Å². The lowest BCUT2D eigenvalue weighted by Gasteiger charge is -2.08. The number of aromatic nitrogens is 2. The van der Waals surface area contributed by atoms with E-state index in [0.717, 1.165) is 0 Å². The van der Waals surface area contributed by atoms with Gasteiger partial charge in [-0.2, -0.15) is 5.26 Å². The van der Waals surface area contributed by atoms with Crippen molar-refractivity contribution >= 4 is 58.1 Å². The topological polar surface area (TPSA) is 70.2 Å². The molecule has 0 radical (unpaired) electrons. The van der Waals surface area contributed by atoms with E-state index in [1.54, 1.807) is 47.1 Å². The Morgan fingerprint density at radius 1 is 1.16 bits per heavy atom. The summed E-state index contributed by atoms with van der Waals surface area (Å²) in [6.45, 7) is 0. The predicted molar refractivity (Wildman–Crippen MR) is 98.9 cm³/mol. The van der Waals surface area contributed by atoms with Crippen molar-refractivity contribution in [2.24, 2.45) is 0 Å². The number of rotatable bonds is 3. The third kappa shape index (κ3) is 3.77. The molecular weight excluding hydrogens is 383 g/mol. The number of benzene rings is 1. The first-order valence-corrected chi connectivity index (χ1v) is 8.13. The van der Waals surface area contributed by atoms with Crippen LogP contribution in [0, 0.1) is 11.3 Å². The van der Waals surface area contributed by atoms with Gasteiger partial charge >= 0.3 is 0 Å². The molecule has 0 aliphatic rings. The van der Waals surface area contributed by atoms with Gasteiger partial charge < -0.3 is 9.72 Å². The van der Waals surface area contributed by atoms with Crippen LogP contribution in [0.5, 0.6) is 0 Å². The Labute approximate surface area is 158 Å². The molecule has 1 amide bonds. The van der Waals surface area contributed by atoms with Crippen LogP contribution in [0.25, 0.3) is 11.7 Å². The van der Waals surface area contributed by atoms with Gasteiger partial charge in [0.25, 0.3) is 5.91 Å². The molecule has 25 heavy (non-hydrogen) atoms. The minimum atomic E-state index is -0.632. The lowest BCUT2D eigenvalue weighted by Crippen LogP contribution is -2.14. The lowest BCUT2D eigenvalue weighted by molar-refractivity contribution is -0.112. The molecule has 0 saturated heterocycles. The second kappa shape index (κ2) is 7.16. The molecule has 0 bridgehead atoms. The highest BCUT2D eigenvalue weighted by Crippen LogP contribution is 2.30. The summed E-state index contributed by atoms with van der Waals surface area (Å²) < 4.78 is 1.70. The number of hydrogen-bond acceptors (Lipinski definition) is 3. The van der Waals surface area contributed by atoms with Crippen LogP contribution >= 0.6 is 34.8 Å². The first-order chi connectivity index (χ1) is 12.0. The number of halogens is 3. The van der Waals surface area contributed by atoms with Gasteiger partial charge in [-0.1, -0.05) is 40.9 Å². The van der Waals surface area contributed by atoms with Crippen LogP contribution in [0.2, 0.25) is 15.1 Å². The number of imidazole rings is 1. The van der Waals surface area contributed by atoms with E-state index in [0.29, 0.717) is 16.4 Å². The third-order valence-electron chi connectivity index (χ3n) is 3.29. The monoisotopic (exact) mass is 390 g/mol. The Morgan fingerprint density at radius 3 is 2.56 bits per heavy atom. The van der Waals surface area contributed by atoms with Crippen LogP contribution < -0.4 is 5.32 Å². The zero-order valence-corrected chi connectivity index (χ0v) is 14.8. The molecule has 0 spiro atoms. The van der Waals surface area contributed by atoms with E-state index < -0.39 is 5.91 Å². The van der Waals surface area contributed by atoms with Crippen LogP contribution in [0.3, 0.4) is 0 Å². The van der Waals surface area contributed by atoms with Gasteiger partial charge in [-0.05, 0) is 30.3 Å². The Hall–Kier alpha value is -2.52. The number of pyridine rings is 1. The Balaban J connectivity index is 1.91. The summed E-state index contributed by atoms with van der Waals surface area (Å²) in [5, 5.41) is 12.9. The van der Waals surface area contributed by atoms with Crippen molar-refractivity contribution < 1.29 is 4.79 Å². The van der Waals surface area contributed by atoms with E-state index >= 15 is 0 Å². The average molecular weight is 392 g/mol. The quantitative estimate of drug-likeness (QED) is 0.513. The minimum Gasteiger partial charge on any atom is -0.319 e. The van der Waals surface area contributed by atoms with Crippen molar-refractivity contribution in [3.05, 3.63) is 69.1 Å². The number of anilines is 1. The number of para-hydroxylation sites is 1. The molecule has 2 aromatic heterocycles. The Kier molecular flexibility index (Phi) is 4.95. The summed E-state index contributed by atoms with van der Waals surface area (Å²) in [7, 11) is 0.